The summed E-state index contributed by atoms with van der Waals surface area (Å²) in [5, 5.41) is 0. The van der Waals surface area contributed by atoms with Crippen molar-refractivity contribution in [1.29, 1.82) is 0 Å². The van der Waals surface area contributed by atoms with Crippen molar-refractivity contribution in [2.24, 2.45) is 11.7 Å². The molecule has 0 amide bonds. The summed E-state index contributed by atoms with van der Waals surface area (Å²) < 4.78 is 0. The quantitative estimate of drug-likeness (QED) is 0.810. The summed E-state index contributed by atoms with van der Waals surface area (Å²) in [6.45, 7) is 2.16. The topological polar surface area (TPSA) is 43.1 Å². The Hall–Kier alpha value is -1.15. The van der Waals surface area contributed by atoms with Gasteiger partial charge in [0.05, 0.1) is 0 Å². The highest BCUT2D eigenvalue weighted by Crippen LogP contribution is 2.27. The van der Waals surface area contributed by atoms with E-state index in [1.807, 2.05) is 12.1 Å². The normalized spacial score (nSPS) is 23.9. The van der Waals surface area contributed by atoms with Gasteiger partial charge in [-0.2, -0.15) is 0 Å². The van der Waals surface area contributed by atoms with Crippen molar-refractivity contribution in [3.05, 3.63) is 35.4 Å². The van der Waals surface area contributed by atoms with Crippen LogP contribution in [0.1, 0.15) is 48.5 Å². The first-order valence-corrected chi connectivity index (χ1v) is 6.61. The fourth-order valence-electron chi connectivity index (χ4n) is 2.65. The molecule has 1 saturated carbocycles. The first-order chi connectivity index (χ1) is 8.22. The van der Waals surface area contributed by atoms with E-state index in [-0.39, 0.29) is 17.7 Å². The Morgan fingerprint density at radius 3 is 2.53 bits per heavy atom. The van der Waals surface area contributed by atoms with Gasteiger partial charge in [-0.15, -0.1) is 0 Å². The van der Waals surface area contributed by atoms with Crippen LogP contribution in [0.15, 0.2) is 24.3 Å². The van der Waals surface area contributed by atoms with Gasteiger partial charge in [-0.3, -0.25) is 4.79 Å². The van der Waals surface area contributed by atoms with E-state index in [1.165, 1.54) is 5.56 Å². The van der Waals surface area contributed by atoms with Crippen LogP contribution in [0.25, 0.3) is 0 Å². The third-order valence-electron chi connectivity index (χ3n) is 3.68. The average molecular weight is 231 g/mol. The predicted octanol–water partition coefficient (Wildman–Crippen LogP) is 2.95. The molecule has 2 unspecified atom stereocenters. The Morgan fingerprint density at radius 2 is 2.00 bits per heavy atom. The second kappa shape index (κ2) is 5.46. The maximum Gasteiger partial charge on any atom is 0.167 e. The highest BCUT2D eigenvalue weighted by Gasteiger charge is 2.30. The van der Waals surface area contributed by atoms with Gasteiger partial charge in [-0.05, 0) is 24.8 Å². The number of hydrogen-bond acceptors (Lipinski definition) is 2. The fraction of sp³-hybridized carbons (Fsp3) is 0.533. The van der Waals surface area contributed by atoms with Gasteiger partial charge in [0.25, 0.3) is 0 Å². The van der Waals surface area contributed by atoms with Crippen molar-refractivity contribution in [3.63, 3.8) is 0 Å². The summed E-state index contributed by atoms with van der Waals surface area (Å²) in [6.07, 6.45) is 5.25. The van der Waals surface area contributed by atoms with Crippen molar-refractivity contribution in [1.82, 2.24) is 0 Å². The number of benzene rings is 1. The standard InChI is InChI=1S/C15H21NO/c1-2-4-11-7-9-12(10-8-11)15(17)13-5-3-6-14(13)16/h7-10,13-14H,2-6,16H2,1H3. The smallest absolute Gasteiger partial charge is 0.167 e. The predicted molar refractivity (Wildman–Crippen MR) is 70.1 cm³/mol. The van der Waals surface area contributed by atoms with E-state index in [0.717, 1.165) is 37.7 Å². The molecule has 0 aliphatic heterocycles. The Labute approximate surface area is 103 Å². The molecule has 1 aromatic rings. The molecular weight excluding hydrogens is 210 g/mol. The van der Waals surface area contributed by atoms with Gasteiger partial charge in [-0.25, -0.2) is 0 Å². The molecule has 0 spiro atoms. The molecule has 0 radical (unpaired) electrons. The van der Waals surface area contributed by atoms with Crippen LogP contribution in [0, 0.1) is 5.92 Å². The Balaban J connectivity index is 2.08. The van der Waals surface area contributed by atoms with Crippen LogP contribution in [-0.2, 0) is 6.42 Å². The largest absolute Gasteiger partial charge is 0.327 e. The zero-order valence-electron chi connectivity index (χ0n) is 10.5. The maximum atomic E-state index is 12.2. The molecule has 0 heterocycles. The molecule has 92 valence electrons. The molecule has 2 atom stereocenters. The van der Waals surface area contributed by atoms with Crippen LogP contribution >= 0.6 is 0 Å². The van der Waals surface area contributed by atoms with E-state index in [4.69, 9.17) is 5.73 Å². The molecule has 1 fully saturated rings. The Bertz CT molecular complexity index is 382. The molecule has 1 aromatic carbocycles. The average Bonchev–Trinajstić information content (AvgIpc) is 2.76. The Kier molecular flexibility index (Phi) is 3.95. The van der Waals surface area contributed by atoms with Crippen molar-refractivity contribution < 1.29 is 4.79 Å². The molecule has 2 heteroatoms. The van der Waals surface area contributed by atoms with Crippen molar-refractivity contribution in [2.75, 3.05) is 0 Å². The monoisotopic (exact) mass is 231 g/mol. The summed E-state index contributed by atoms with van der Waals surface area (Å²) in [6, 6.07) is 8.11. The second-order valence-corrected chi connectivity index (χ2v) is 5.01. The van der Waals surface area contributed by atoms with Crippen LogP contribution in [0.5, 0.6) is 0 Å². The van der Waals surface area contributed by atoms with Crippen LogP contribution in [0.2, 0.25) is 0 Å². The molecular formula is C15H21NO. The van der Waals surface area contributed by atoms with Crippen molar-refractivity contribution >= 4 is 5.78 Å². The number of nitrogens with two attached hydrogens (primary N) is 1. The van der Waals surface area contributed by atoms with Gasteiger partial charge in [0.2, 0.25) is 0 Å². The van der Waals surface area contributed by atoms with Gasteiger partial charge in [0.15, 0.2) is 5.78 Å². The number of hydrogen-bond donors (Lipinski definition) is 1. The summed E-state index contributed by atoms with van der Waals surface area (Å²) in [5.41, 5.74) is 8.11. The van der Waals surface area contributed by atoms with E-state index in [1.54, 1.807) is 0 Å². The molecule has 2 rings (SSSR count). The van der Waals surface area contributed by atoms with E-state index in [9.17, 15) is 4.79 Å². The lowest BCUT2D eigenvalue weighted by molar-refractivity contribution is 0.0913. The van der Waals surface area contributed by atoms with Crippen molar-refractivity contribution in [2.45, 2.75) is 45.1 Å². The van der Waals surface area contributed by atoms with Gasteiger partial charge in [0, 0.05) is 17.5 Å². The maximum absolute atomic E-state index is 12.2. The van der Waals surface area contributed by atoms with Gasteiger partial charge < -0.3 is 5.73 Å². The first-order valence-electron chi connectivity index (χ1n) is 6.61. The summed E-state index contributed by atoms with van der Waals surface area (Å²) >= 11 is 0. The van der Waals surface area contributed by atoms with Crippen LogP contribution in [0.3, 0.4) is 0 Å². The number of rotatable bonds is 4. The van der Waals surface area contributed by atoms with Crippen LogP contribution in [0.4, 0.5) is 0 Å². The lowest BCUT2D eigenvalue weighted by atomic mass is 9.93. The lowest BCUT2D eigenvalue weighted by Gasteiger charge is -2.14. The first kappa shape index (κ1) is 12.3. The van der Waals surface area contributed by atoms with Gasteiger partial charge in [-0.1, -0.05) is 44.0 Å². The fourth-order valence-corrected chi connectivity index (χ4v) is 2.65. The molecule has 2 N–H and O–H groups in total. The van der Waals surface area contributed by atoms with E-state index in [2.05, 4.69) is 19.1 Å². The van der Waals surface area contributed by atoms with Crippen LogP contribution < -0.4 is 5.73 Å². The van der Waals surface area contributed by atoms with E-state index in [0.29, 0.717) is 0 Å². The lowest BCUT2D eigenvalue weighted by Crippen LogP contribution is -2.30. The third kappa shape index (κ3) is 2.75. The second-order valence-electron chi connectivity index (χ2n) is 5.01. The highest BCUT2D eigenvalue weighted by atomic mass is 16.1. The molecule has 1 aliphatic carbocycles. The Morgan fingerprint density at radius 1 is 1.29 bits per heavy atom. The van der Waals surface area contributed by atoms with Crippen LogP contribution in [-0.4, -0.2) is 11.8 Å². The number of carbonyl (C=O) groups is 1. The molecule has 0 bridgehead atoms. The number of carbonyl (C=O) groups excluding carboxylic acids is 1. The molecule has 2 nitrogen and oxygen atoms in total. The SMILES string of the molecule is CCCc1ccc(C(=O)C2CCCC2N)cc1. The zero-order chi connectivity index (χ0) is 12.3. The van der Waals surface area contributed by atoms with E-state index < -0.39 is 0 Å². The molecule has 0 aromatic heterocycles. The van der Waals surface area contributed by atoms with Crippen molar-refractivity contribution in [3.8, 4) is 0 Å². The minimum Gasteiger partial charge on any atom is -0.327 e. The van der Waals surface area contributed by atoms with E-state index >= 15 is 0 Å². The zero-order valence-corrected chi connectivity index (χ0v) is 10.5. The minimum absolute atomic E-state index is 0.0482. The number of aryl methyl sites for hydroxylation is 1. The summed E-state index contributed by atoms with van der Waals surface area (Å²) in [5.74, 6) is 0.282. The molecule has 17 heavy (non-hydrogen) atoms. The highest BCUT2D eigenvalue weighted by molar-refractivity contribution is 5.98. The summed E-state index contributed by atoms with van der Waals surface area (Å²) in [7, 11) is 0. The van der Waals surface area contributed by atoms with Gasteiger partial charge in [0.1, 0.15) is 0 Å². The van der Waals surface area contributed by atoms with Gasteiger partial charge >= 0.3 is 0 Å². The number of ketones is 1. The molecule has 0 saturated heterocycles. The molecule has 1 aliphatic rings. The third-order valence-corrected chi connectivity index (χ3v) is 3.68. The summed E-state index contributed by atoms with van der Waals surface area (Å²) in [4.78, 5) is 12.2. The minimum atomic E-state index is 0.0482. The number of Topliss-reactive ketones (excluding diaryl/α,β-unsaturated/α-hetero) is 1.